The number of aliphatic hydroxyl groups is 1. The van der Waals surface area contributed by atoms with Crippen molar-refractivity contribution in [2.24, 2.45) is 0 Å². The molecule has 0 aromatic heterocycles. The molecule has 7 heteroatoms. The van der Waals surface area contributed by atoms with Gasteiger partial charge in [0, 0.05) is 24.5 Å². The molecule has 6 nitrogen and oxygen atoms in total. The Morgan fingerprint density at radius 3 is 2.85 bits per heavy atom. The van der Waals surface area contributed by atoms with Crippen molar-refractivity contribution in [3.8, 4) is 0 Å². The standard InChI is InChI=1S/C13H15ClN2O4/c14-9-3-1-2-8(4-9)6-15-13(20)16-7-10(17)5-11(16)12(18)19/h1-4,10-11,17H,5-7H2,(H,15,20)(H,18,19)/t10-,11-/m0/s1. The van der Waals surface area contributed by atoms with Crippen LogP contribution in [0.1, 0.15) is 12.0 Å². The number of hydrogen-bond donors (Lipinski definition) is 3. The highest BCUT2D eigenvalue weighted by molar-refractivity contribution is 6.30. The lowest BCUT2D eigenvalue weighted by atomic mass is 10.2. The van der Waals surface area contributed by atoms with Crippen LogP contribution in [0.3, 0.4) is 0 Å². The Hall–Kier alpha value is -1.79. The molecule has 108 valence electrons. The van der Waals surface area contributed by atoms with E-state index in [0.717, 1.165) is 10.5 Å². The smallest absolute Gasteiger partial charge is 0.326 e. The Balaban J connectivity index is 1.96. The minimum Gasteiger partial charge on any atom is -0.480 e. The van der Waals surface area contributed by atoms with E-state index >= 15 is 0 Å². The number of rotatable bonds is 3. The molecular formula is C13H15ClN2O4. The summed E-state index contributed by atoms with van der Waals surface area (Å²) in [5.74, 6) is -1.11. The Kier molecular flexibility index (Phi) is 4.46. The van der Waals surface area contributed by atoms with Crippen molar-refractivity contribution in [2.45, 2.75) is 25.1 Å². The second-order valence-electron chi connectivity index (χ2n) is 4.68. The van der Waals surface area contributed by atoms with Crippen LogP contribution in [-0.2, 0) is 11.3 Å². The number of benzene rings is 1. The second kappa shape index (κ2) is 6.11. The molecule has 20 heavy (non-hydrogen) atoms. The first-order valence-electron chi connectivity index (χ1n) is 6.17. The van der Waals surface area contributed by atoms with Crippen molar-refractivity contribution >= 4 is 23.6 Å². The van der Waals surface area contributed by atoms with Gasteiger partial charge in [0.25, 0.3) is 0 Å². The van der Waals surface area contributed by atoms with Gasteiger partial charge >= 0.3 is 12.0 Å². The van der Waals surface area contributed by atoms with Crippen LogP contribution < -0.4 is 5.32 Å². The number of amides is 2. The summed E-state index contributed by atoms with van der Waals surface area (Å²) < 4.78 is 0. The fourth-order valence-electron chi connectivity index (χ4n) is 2.20. The van der Waals surface area contributed by atoms with Gasteiger partial charge in [-0.25, -0.2) is 9.59 Å². The van der Waals surface area contributed by atoms with Crippen LogP contribution in [0.4, 0.5) is 4.79 Å². The Bertz CT molecular complexity index is 523. The number of aliphatic hydroxyl groups excluding tert-OH is 1. The maximum absolute atomic E-state index is 12.0. The lowest BCUT2D eigenvalue weighted by Crippen LogP contribution is -2.45. The van der Waals surface area contributed by atoms with E-state index in [4.69, 9.17) is 16.7 Å². The fraction of sp³-hybridized carbons (Fsp3) is 0.385. The molecule has 2 rings (SSSR count). The van der Waals surface area contributed by atoms with Gasteiger partial charge in [-0.1, -0.05) is 23.7 Å². The predicted octanol–water partition coefficient (Wildman–Crippen LogP) is 1.07. The molecule has 1 heterocycles. The number of likely N-dealkylation sites (tertiary alicyclic amines) is 1. The molecule has 1 aliphatic rings. The minimum atomic E-state index is -1.11. The Morgan fingerprint density at radius 1 is 1.45 bits per heavy atom. The van der Waals surface area contributed by atoms with Crippen molar-refractivity contribution in [1.82, 2.24) is 10.2 Å². The number of carbonyl (C=O) groups excluding carboxylic acids is 1. The van der Waals surface area contributed by atoms with Crippen molar-refractivity contribution in [2.75, 3.05) is 6.54 Å². The number of carboxylic acids is 1. The molecular weight excluding hydrogens is 284 g/mol. The number of nitrogens with zero attached hydrogens (tertiary/aromatic N) is 1. The predicted molar refractivity (Wildman–Crippen MR) is 72.4 cm³/mol. The van der Waals surface area contributed by atoms with E-state index in [2.05, 4.69) is 5.32 Å². The van der Waals surface area contributed by atoms with Crippen LogP contribution >= 0.6 is 11.6 Å². The van der Waals surface area contributed by atoms with Crippen LogP contribution in [0, 0.1) is 0 Å². The van der Waals surface area contributed by atoms with Crippen LogP contribution in [0.15, 0.2) is 24.3 Å². The molecule has 3 N–H and O–H groups in total. The maximum Gasteiger partial charge on any atom is 0.326 e. The van der Waals surface area contributed by atoms with E-state index in [0.29, 0.717) is 5.02 Å². The third-order valence-electron chi connectivity index (χ3n) is 3.16. The summed E-state index contributed by atoms with van der Waals surface area (Å²) in [6, 6.07) is 5.53. The molecule has 0 spiro atoms. The molecule has 2 atom stereocenters. The first-order valence-corrected chi connectivity index (χ1v) is 6.55. The van der Waals surface area contributed by atoms with Crippen LogP contribution in [0.5, 0.6) is 0 Å². The zero-order valence-corrected chi connectivity index (χ0v) is 11.4. The first-order chi connectivity index (χ1) is 9.47. The summed E-state index contributed by atoms with van der Waals surface area (Å²) in [4.78, 5) is 24.1. The van der Waals surface area contributed by atoms with E-state index in [9.17, 15) is 14.7 Å². The lowest BCUT2D eigenvalue weighted by molar-refractivity contribution is -0.141. The van der Waals surface area contributed by atoms with E-state index < -0.39 is 24.1 Å². The van der Waals surface area contributed by atoms with Crippen molar-refractivity contribution in [1.29, 1.82) is 0 Å². The highest BCUT2D eigenvalue weighted by atomic mass is 35.5. The van der Waals surface area contributed by atoms with Crippen LogP contribution in [0.2, 0.25) is 5.02 Å². The molecule has 1 fully saturated rings. The van der Waals surface area contributed by atoms with Gasteiger partial charge in [-0.05, 0) is 17.7 Å². The van der Waals surface area contributed by atoms with E-state index in [1.165, 1.54) is 0 Å². The molecule has 0 bridgehead atoms. The molecule has 1 aromatic carbocycles. The summed E-state index contributed by atoms with van der Waals surface area (Å²) in [5.41, 5.74) is 0.817. The SMILES string of the molecule is O=C(O)[C@@H]1C[C@H](O)CN1C(=O)NCc1cccc(Cl)c1. The van der Waals surface area contributed by atoms with Gasteiger partial charge in [0.05, 0.1) is 6.10 Å². The first kappa shape index (κ1) is 14.6. The van der Waals surface area contributed by atoms with Gasteiger partial charge in [-0.15, -0.1) is 0 Å². The number of urea groups is 1. The average Bonchev–Trinajstić information content (AvgIpc) is 2.78. The molecule has 0 unspecified atom stereocenters. The van der Waals surface area contributed by atoms with Crippen molar-refractivity contribution in [3.63, 3.8) is 0 Å². The lowest BCUT2D eigenvalue weighted by Gasteiger charge is -2.21. The minimum absolute atomic E-state index is 0.0261. The maximum atomic E-state index is 12.0. The van der Waals surface area contributed by atoms with E-state index in [1.54, 1.807) is 24.3 Å². The van der Waals surface area contributed by atoms with Gasteiger partial charge in [0.2, 0.25) is 0 Å². The summed E-state index contributed by atoms with van der Waals surface area (Å²) in [6.07, 6.45) is -0.743. The van der Waals surface area contributed by atoms with Crippen molar-refractivity contribution < 1.29 is 19.8 Å². The molecule has 1 saturated heterocycles. The third-order valence-corrected chi connectivity index (χ3v) is 3.39. The van der Waals surface area contributed by atoms with Crippen LogP contribution in [-0.4, -0.2) is 45.8 Å². The fourth-order valence-corrected chi connectivity index (χ4v) is 2.41. The zero-order chi connectivity index (χ0) is 14.7. The molecule has 0 aliphatic carbocycles. The number of aliphatic carboxylic acids is 1. The molecule has 2 amide bonds. The molecule has 0 saturated carbocycles. The number of hydrogen-bond acceptors (Lipinski definition) is 3. The summed E-state index contributed by atoms with van der Waals surface area (Å²) in [6.45, 7) is 0.274. The Labute approximate surface area is 121 Å². The molecule has 0 radical (unpaired) electrons. The van der Waals surface area contributed by atoms with E-state index in [-0.39, 0.29) is 19.5 Å². The molecule has 1 aromatic rings. The average molecular weight is 299 g/mol. The summed E-state index contributed by atoms with van der Waals surface area (Å²) in [7, 11) is 0. The number of nitrogens with one attached hydrogen (secondary N) is 1. The largest absolute Gasteiger partial charge is 0.480 e. The zero-order valence-electron chi connectivity index (χ0n) is 10.6. The third kappa shape index (κ3) is 3.40. The number of carboxylic acid groups (broad SMARTS) is 1. The number of carbonyl (C=O) groups is 2. The second-order valence-corrected chi connectivity index (χ2v) is 5.12. The van der Waals surface area contributed by atoms with Gasteiger partial charge < -0.3 is 20.4 Å². The van der Waals surface area contributed by atoms with Crippen LogP contribution in [0.25, 0.3) is 0 Å². The van der Waals surface area contributed by atoms with Gasteiger partial charge in [0.15, 0.2) is 0 Å². The highest BCUT2D eigenvalue weighted by Crippen LogP contribution is 2.18. The highest BCUT2D eigenvalue weighted by Gasteiger charge is 2.38. The normalized spacial score (nSPS) is 21.8. The Morgan fingerprint density at radius 2 is 2.20 bits per heavy atom. The molecule has 1 aliphatic heterocycles. The van der Waals surface area contributed by atoms with Gasteiger partial charge in [0.1, 0.15) is 6.04 Å². The summed E-state index contributed by atoms with van der Waals surface area (Å²) in [5, 5.41) is 21.7. The van der Waals surface area contributed by atoms with Gasteiger partial charge in [-0.2, -0.15) is 0 Å². The number of halogens is 1. The quantitative estimate of drug-likeness (QED) is 0.778. The summed E-state index contributed by atoms with van der Waals surface area (Å²) >= 11 is 5.84. The van der Waals surface area contributed by atoms with E-state index in [1.807, 2.05) is 0 Å². The van der Waals surface area contributed by atoms with Crippen molar-refractivity contribution in [3.05, 3.63) is 34.9 Å². The topological polar surface area (TPSA) is 89.9 Å². The number of β-amino-alcohol motifs (C(OH)–C–C–N with tert-alkyl or cyclic N) is 1. The monoisotopic (exact) mass is 298 g/mol. The van der Waals surface area contributed by atoms with Gasteiger partial charge in [-0.3, -0.25) is 0 Å².